The molecule has 0 aromatic carbocycles. The fourth-order valence-corrected chi connectivity index (χ4v) is 0.720. The second kappa shape index (κ2) is 2.11. The van der Waals surface area contributed by atoms with Gasteiger partial charge in [-0.25, -0.2) is 0 Å². The van der Waals surface area contributed by atoms with Gasteiger partial charge in [0.25, 0.3) is 0 Å². The van der Waals surface area contributed by atoms with Gasteiger partial charge in [0.1, 0.15) is 5.76 Å². The molecule has 10 heavy (non-hydrogen) atoms. The van der Waals surface area contributed by atoms with Gasteiger partial charge < -0.3 is 4.52 Å². The van der Waals surface area contributed by atoms with E-state index < -0.39 is 0 Å². The molecule has 0 N–H and O–H groups in total. The van der Waals surface area contributed by atoms with Gasteiger partial charge in [0.05, 0.1) is 5.69 Å². The zero-order valence-electron chi connectivity index (χ0n) is 6.93. The highest BCUT2D eigenvalue weighted by molar-refractivity contribution is 5.12. The molecule has 0 unspecified atom stereocenters. The van der Waals surface area contributed by atoms with Crippen LogP contribution in [-0.4, -0.2) is 5.16 Å². The lowest BCUT2D eigenvalue weighted by Crippen LogP contribution is -2.10. The summed E-state index contributed by atoms with van der Waals surface area (Å²) in [5, 5.41) is 3.91. The Kier molecular flexibility index (Phi) is 1.55. The van der Waals surface area contributed by atoms with Gasteiger partial charge in [0, 0.05) is 11.5 Å². The highest BCUT2D eigenvalue weighted by Gasteiger charge is 2.17. The van der Waals surface area contributed by atoms with E-state index in [1.807, 2.05) is 13.0 Å². The molecule has 0 saturated heterocycles. The number of nitrogens with zero attached hydrogens (tertiary/aromatic N) is 1. The topological polar surface area (TPSA) is 26.0 Å². The highest BCUT2D eigenvalue weighted by Crippen LogP contribution is 2.20. The molecule has 0 aliphatic heterocycles. The summed E-state index contributed by atoms with van der Waals surface area (Å²) in [4.78, 5) is 0. The van der Waals surface area contributed by atoms with Crippen molar-refractivity contribution in [3.63, 3.8) is 0 Å². The van der Waals surface area contributed by atoms with E-state index in [1.54, 1.807) is 0 Å². The Morgan fingerprint density at radius 1 is 1.40 bits per heavy atom. The second-order valence-corrected chi connectivity index (χ2v) is 3.57. The van der Waals surface area contributed by atoms with Crippen molar-refractivity contribution in [3.8, 4) is 0 Å². The maximum Gasteiger partial charge on any atom is 0.133 e. The van der Waals surface area contributed by atoms with Crippen LogP contribution in [0.1, 0.15) is 32.2 Å². The third-order valence-corrected chi connectivity index (χ3v) is 1.40. The molecule has 1 aromatic rings. The summed E-state index contributed by atoms with van der Waals surface area (Å²) in [5.74, 6) is 0.880. The lowest BCUT2D eigenvalue weighted by molar-refractivity contribution is 0.375. The van der Waals surface area contributed by atoms with Crippen LogP contribution in [0.15, 0.2) is 10.6 Å². The van der Waals surface area contributed by atoms with E-state index in [-0.39, 0.29) is 5.41 Å². The molecule has 1 aromatic heterocycles. The predicted molar refractivity (Wildman–Crippen MR) is 39.9 cm³/mol. The van der Waals surface area contributed by atoms with Crippen molar-refractivity contribution in [2.24, 2.45) is 0 Å². The van der Waals surface area contributed by atoms with Gasteiger partial charge in [-0.3, -0.25) is 0 Å². The Bertz CT molecular complexity index is 219. The van der Waals surface area contributed by atoms with E-state index in [0.717, 1.165) is 11.5 Å². The Labute approximate surface area is 61.2 Å². The summed E-state index contributed by atoms with van der Waals surface area (Å²) < 4.78 is 4.94. The number of rotatable bonds is 0. The van der Waals surface area contributed by atoms with Crippen LogP contribution in [0.3, 0.4) is 0 Å². The van der Waals surface area contributed by atoms with Gasteiger partial charge in [-0.1, -0.05) is 25.9 Å². The Balaban J connectivity index is 2.96. The van der Waals surface area contributed by atoms with Crippen molar-refractivity contribution in [2.75, 3.05) is 0 Å². The molecular weight excluding hydrogens is 126 g/mol. The van der Waals surface area contributed by atoms with Crippen LogP contribution in [0.4, 0.5) is 0 Å². The summed E-state index contributed by atoms with van der Waals surface area (Å²) in [7, 11) is 0. The molecule has 0 aliphatic rings. The van der Waals surface area contributed by atoms with Crippen molar-refractivity contribution in [1.29, 1.82) is 0 Å². The molecule has 0 fully saturated rings. The molecule has 2 heteroatoms. The molecule has 0 spiro atoms. The van der Waals surface area contributed by atoms with Crippen molar-refractivity contribution in [2.45, 2.75) is 33.1 Å². The fourth-order valence-electron chi connectivity index (χ4n) is 0.720. The van der Waals surface area contributed by atoms with Gasteiger partial charge in [-0.15, -0.1) is 0 Å². The standard InChI is InChI=1S/C8H13NO/c1-6-5-7(9-10-6)8(2,3)4/h5H,1-4H3. The minimum Gasteiger partial charge on any atom is -0.361 e. The zero-order valence-corrected chi connectivity index (χ0v) is 6.93. The average Bonchev–Trinajstić information content (AvgIpc) is 2.11. The molecule has 1 rings (SSSR count). The van der Waals surface area contributed by atoms with E-state index in [4.69, 9.17) is 4.52 Å². The van der Waals surface area contributed by atoms with Crippen LogP contribution < -0.4 is 0 Å². The van der Waals surface area contributed by atoms with Gasteiger partial charge in [0.15, 0.2) is 0 Å². The van der Waals surface area contributed by atoms with Gasteiger partial charge in [0.2, 0.25) is 0 Å². The maximum absolute atomic E-state index is 4.94. The minimum atomic E-state index is 0.109. The minimum absolute atomic E-state index is 0.109. The molecule has 0 amide bonds. The first-order valence-corrected chi connectivity index (χ1v) is 3.44. The molecule has 1 heterocycles. The van der Waals surface area contributed by atoms with E-state index in [1.165, 1.54) is 0 Å². The van der Waals surface area contributed by atoms with Gasteiger partial charge in [-0.2, -0.15) is 0 Å². The van der Waals surface area contributed by atoms with Crippen LogP contribution in [0.2, 0.25) is 0 Å². The molecule has 2 nitrogen and oxygen atoms in total. The Morgan fingerprint density at radius 3 is 2.20 bits per heavy atom. The molecule has 56 valence electrons. The predicted octanol–water partition coefficient (Wildman–Crippen LogP) is 2.28. The van der Waals surface area contributed by atoms with E-state index in [0.29, 0.717) is 0 Å². The van der Waals surface area contributed by atoms with Crippen LogP contribution >= 0.6 is 0 Å². The third-order valence-electron chi connectivity index (χ3n) is 1.40. The lowest BCUT2D eigenvalue weighted by Gasteiger charge is -2.12. The van der Waals surface area contributed by atoms with E-state index >= 15 is 0 Å². The van der Waals surface area contributed by atoms with E-state index in [2.05, 4.69) is 25.9 Å². The molecule has 0 aliphatic carbocycles. The van der Waals surface area contributed by atoms with E-state index in [9.17, 15) is 0 Å². The molecule has 0 bridgehead atoms. The van der Waals surface area contributed by atoms with Crippen LogP contribution in [0, 0.1) is 6.92 Å². The summed E-state index contributed by atoms with van der Waals surface area (Å²) in [6, 6.07) is 1.97. The smallest absolute Gasteiger partial charge is 0.133 e. The zero-order chi connectivity index (χ0) is 7.78. The van der Waals surface area contributed by atoms with Crippen LogP contribution in [0.5, 0.6) is 0 Å². The number of hydrogen-bond donors (Lipinski definition) is 0. The molecule has 0 radical (unpaired) electrons. The average molecular weight is 139 g/mol. The molecule has 0 atom stereocenters. The fraction of sp³-hybridized carbons (Fsp3) is 0.625. The molecular formula is C8H13NO. The monoisotopic (exact) mass is 139 g/mol. The first-order chi connectivity index (χ1) is 4.50. The van der Waals surface area contributed by atoms with Gasteiger partial charge in [-0.05, 0) is 6.92 Å². The largest absolute Gasteiger partial charge is 0.361 e. The van der Waals surface area contributed by atoms with Crippen LogP contribution in [0.25, 0.3) is 0 Å². The summed E-state index contributed by atoms with van der Waals surface area (Å²) >= 11 is 0. The third kappa shape index (κ3) is 1.38. The van der Waals surface area contributed by atoms with Crippen LogP contribution in [-0.2, 0) is 5.41 Å². The van der Waals surface area contributed by atoms with Crippen molar-refractivity contribution in [1.82, 2.24) is 5.16 Å². The van der Waals surface area contributed by atoms with Crippen molar-refractivity contribution >= 4 is 0 Å². The number of aromatic nitrogens is 1. The first-order valence-electron chi connectivity index (χ1n) is 3.44. The lowest BCUT2D eigenvalue weighted by atomic mass is 9.92. The van der Waals surface area contributed by atoms with Gasteiger partial charge >= 0.3 is 0 Å². The SMILES string of the molecule is Cc1cc(C(C)(C)C)no1. The summed E-state index contributed by atoms with van der Waals surface area (Å²) in [6.45, 7) is 8.25. The second-order valence-electron chi connectivity index (χ2n) is 3.57. The quantitative estimate of drug-likeness (QED) is 0.551. The summed E-state index contributed by atoms with van der Waals surface area (Å²) in [5.41, 5.74) is 1.13. The Hall–Kier alpha value is -0.790. The summed E-state index contributed by atoms with van der Waals surface area (Å²) in [6.07, 6.45) is 0. The van der Waals surface area contributed by atoms with Crippen molar-refractivity contribution < 1.29 is 4.52 Å². The maximum atomic E-state index is 4.94. The first kappa shape index (κ1) is 7.32. The normalized spacial score (nSPS) is 12.0. The number of hydrogen-bond acceptors (Lipinski definition) is 2. The Morgan fingerprint density at radius 2 is 2.00 bits per heavy atom. The number of aryl methyl sites for hydroxylation is 1. The van der Waals surface area contributed by atoms with Crippen molar-refractivity contribution in [3.05, 3.63) is 17.5 Å². The molecule has 0 saturated carbocycles. The highest BCUT2D eigenvalue weighted by atomic mass is 16.5.